The maximum absolute atomic E-state index is 11.3. The van der Waals surface area contributed by atoms with E-state index in [-0.39, 0.29) is 125 Å². The zero-order valence-corrected chi connectivity index (χ0v) is 21.9. The first-order chi connectivity index (χ1) is 11.0. The molecule has 0 aliphatic heterocycles. The average molecular weight is 447 g/mol. The van der Waals surface area contributed by atoms with Crippen molar-refractivity contribution >= 4 is 43.8 Å². The van der Waals surface area contributed by atoms with E-state index >= 15 is 0 Å². The normalized spacial score (nSPS) is 11.6. The molecule has 12 heteroatoms. The summed E-state index contributed by atoms with van der Waals surface area (Å²) >= 11 is 0. The molecule has 0 saturated carbocycles. The molecule has 0 aliphatic rings. The van der Waals surface area contributed by atoms with E-state index in [1.54, 1.807) is 0 Å². The second-order valence-electron chi connectivity index (χ2n) is 4.84. The Bertz CT molecular complexity index is 954. The Morgan fingerprint density at radius 2 is 1.00 bits per heavy atom. The molecule has 0 aromatic heterocycles. The third-order valence-electron chi connectivity index (χ3n) is 3.06. The van der Waals surface area contributed by atoms with Crippen molar-refractivity contribution in [1.82, 2.24) is 0 Å². The molecule has 0 heterocycles. The minimum atomic E-state index is -4.79. The van der Waals surface area contributed by atoms with Crippen molar-refractivity contribution in [2.75, 3.05) is 11.5 Å². The molecule has 0 saturated heterocycles. The van der Waals surface area contributed by atoms with Crippen LogP contribution in [0.15, 0.2) is 46.2 Å². The summed E-state index contributed by atoms with van der Waals surface area (Å²) in [7, 11) is -9.57. The van der Waals surface area contributed by atoms with Crippen LogP contribution < -0.4 is 114 Å². The van der Waals surface area contributed by atoms with Gasteiger partial charge in [0.05, 0.1) is 9.79 Å². The minimum absolute atomic E-state index is 0. The van der Waals surface area contributed by atoms with Gasteiger partial charge < -0.3 is 20.6 Å². The molecule has 0 aliphatic carbocycles. The molecule has 128 valence electrons. The maximum Gasteiger partial charge on any atom is 1.00 e. The number of nitrogens with two attached hydrogens (primary N) is 2. The Hall–Kier alpha value is 0.873. The average Bonchev–Trinajstić information content (AvgIpc) is 2.45. The smallest absolute Gasteiger partial charge is 0.744 e. The molecule has 0 bridgehead atoms. The SMILES string of the molecule is Nc1ccc(/C=C/c2ccc(N)cc2S(=O)(=O)[O-])c(S(=O)(=O)[O-])c1.[K+].[K+]. The topological polar surface area (TPSA) is 166 Å². The summed E-state index contributed by atoms with van der Waals surface area (Å²) in [5, 5.41) is 0. The zero-order chi connectivity index (χ0) is 18.1. The van der Waals surface area contributed by atoms with Gasteiger partial charge in [0.1, 0.15) is 20.2 Å². The molecular weight excluding hydrogens is 434 g/mol. The predicted octanol–water partition coefficient (Wildman–Crippen LogP) is -5.16. The first-order valence-electron chi connectivity index (χ1n) is 6.37. The summed E-state index contributed by atoms with van der Waals surface area (Å²) in [5.41, 5.74) is 11.1. The third-order valence-corrected chi connectivity index (χ3v) is 4.84. The van der Waals surface area contributed by atoms with E-state index in [0.717, 1.165) is 12.1 Å². The van der Waals surface area contributed by atoms with Crippen molar-refractivity contribution in [2.24, 2.45) is 0 Å². The van der Waals surface area contributed by atoms with Crippen LogP contribution in [0.2, 0.25) is 0 Å². The molecule has 26 heavy (non-hydrogen) atoms. The van der Waals surface area contributed by atoms with Crippen LogP contribution in [0.5, 0.6) is 0 Å². The molecule has 0 amide bonds. The quantitative estimate of drug-likeness (QED) is 0.203. The molecule has 4 N–H and O–H groups in total. The van der Waals surface area contributed by atoms with Gasteiger partial charge in [-0.05, 0) is 35.4 Å². The first kappa shape index (κ1) is 26.9. The van der Waals surface area contributed by atoms with Crippen LogP contribution in [-0.4, -0.2) is 25.9 Å². The number of anilines is 2. The van der Waals surface area contributed by atoms with Crippen molar-refractivity contribution in [3.05, 3.63) is 47.5 Å². The second-order valence-corrected chi connectivity index (χ2v) is 7.53. The van der Waals surface area contributed by atoms with E-state index in [0.29, 0.717) is 0 Å². The van der Waals surface area contributed by atoms with Crippen LogP contribution in [-0.2, 0) is 20.2 Å². The Morgan fingerprint density at radius 1 is 0.692 bits per heavy atom. The third kappa shape index (κ3) is 7.36. The van der Waals surface area contributed by atoms with Gasteiger partial charge in [0.15, 0.2) is 0 Å². The summed E-state index contributed by atoms with van der Waals surface area (Å²) in [6.07, 6.45) is 2.40. The molecule has 2 aromatic rings. The molecule has 0 radical (unpaired) electrons. The Balaban J connectivity index is 0.00000312. The van der Waals surface area contributed by atoms with Crippen LogP contribution in [0.1, 0.15) is 11.1 Å². The van der Waals surface area contributed by atoms with Crippen LogP contribution in [0.3, 0.4) is 0 Å². The molecular formula is C14H12K2N2O6S2. The van der Waals surface area contributed by atoms with Crippen molar-refractivity contribution in [3.8, 4) is 0 Å². The molecule has 2 rings (SSSR count). The summed E-state index contributed by atoms with van der Waals surface area (Å²) in [5.74, 6) is 0. The van der Waals surface area contributed by atoms with Gasteiger partial charge in [0.25, 0.3) is 0 Å². The zero-order valence-electron chi connectivity index (χ0n) is 14.0. The molecule has 0 unspecified atom stereocenters. The van der Waals surface area contributed by atoms with Gasteiger partial charge in [-0.3, -0.25) is 0 Å². The number of hydrogen-bond acceptors (Lipinski definition) is 8. The van der Waals surface area contributed by atoms with E-state index in [9.17, 15) is 25.9 Å². The van der Waals surface area contributed by atoms with E-state index in [2.05, 4.69) is 0 Å². The Kier molecular flexibility index (Phi) is 10.9. The number of rotatable bonds is 4. The number of benzene rings is 2. The minimum Gasteiger partial charge on any atom is -0.744 e. The van der Waals surface area contributed by atoms with Crippen LogP contribution in [0.25, 0.3) is 12.2 Å². The number of nitrogen functional groups attached to an aromatic ring is 2. The largest absolute Gasteiger partial charge is 1.00 e. The van der Waals surface area contributed by atoms with Gasteiger partial charge in [-0.15, -0.1) is 0 Å². The Morgan fingerprint density at radius 3 is 1.27 bits per heavy atom. The fourth-order valence-electron chi connectivity index (χ4n) is 1.99. The maximum atomic E-state index is 11.3. The molecule has 8 nitrogen and oxygen atoms in total. The Labute approximate surface area is 236 Å². The molecule has 0 atom stereocenters. The van der Waals surface area contributed by atoms with Gasteiger partial charge in [-0.25, -0.2) is 16.8 Å². The molecule has 0 fully saturated rings. The van der Waals surface area contributed by atoms with Crippen LogP contribution in [0.4, 0.5) is 11.4 Å². The van der Waals surface area contributed by atoms with E-state index in [1.807, 2.05) is 0 Å². The van der Waals surface area contributed by atoms with E-state index in [1.165, 1.54) is 36.4 Å². The molecule has 2 aromatic carbocycles. The summed E-state index contributed by atoms with van der Waals surface area (Å²) in [6.45, 7) is 0. The summed E-state index contributed by atoms with van der Waals surface area (Å²) < 4.78 is 67.7. The van der Waals surface area contributed by atoms with Gasteiger partial charge >= 0.3 is 103 Å². The van der Waals surface area contributed by atoms with Crippen molar-refractivity contribution in [1.29, 1.82) is 0 Å². The molecule has 0 spiro atoms. The predicted molar refractivity (Wildman–Crippen MR) is 86.6 cm³/mol. The van der Waals surface area contributed by atoms with Gasteiger partial charge in [0, 0.05) is 11.4 Å². The van der Waals surface area contributed by atoms with Gasteiger partial charge in [-0.2, -0.15) is 0 Å². The number of hydrogen-bond donors (Lipinski definition) is 2. The van der Waals surface area contributed by atoms with E-state index < -0.39 is 30.0 Å². The van der Waals surface area contributed by atoms with Crippen LogP contribution in [0, 0.1) is 0 Å². The fraction of sp³-hybridized carbons (Fsp3) is 0. The van der Waals surface area contributed by atoms with Crippen molar-refractivity contribution < 1.29 is 129 Å². The van der Waals surface area contributed by atoms with Crippen molar-refractivity contribution in [2.45, 2.75) is 9.79 Å². The van der Waals surface area contributed by atoms with Gasteiger partial charge in [0.2, 0.25) is 0 Å². The van der Waals surface area contributed by atoms with Crippen LogP contribution >= 0.6 is 0 Å². The monoisotopic (exact) mass is 446 g/mol. The van der Waals surface area contributed by atoms with E-state index in [4.69, 9.17) is 11.5 Å². The summed E-state index contributed by atoms with van der Waals surface area (Å²) in [6, 6.07) is 7.33. The first-order valence-corrected chi connectivity index (χ1v) is 9.19. The second kappa shape index (κ2) is 10.6. The summed E-state index contributed by atoms with van der Waals surface area (Å²) in [4.78, 5) is -1.11. The fourth-order valence-corrected chi connectivity index (χ4v) is 3.40. The van der Waals surface area contributed by atoms with Gasteiger partial charge in [-0.1, -0.05) is 24.3 Å². The van der Waals surface area contributed by atoms with Crippen molar-refractivity contribution in [3.63, 3.8) is 0 Å². The standard InChI is InChI=1S/C14H14N2O6S2.2K/c15-11-5-3-9(13(7-11)23(17,18)19)1-2-10-4-6-12(16)8-14(10)24(20,21)22;;/h1-8H,15-16H2,(H,17,18,19)(H,20,21,22);;/q;2*+1/p-2/b2-1+;;.